The van der Waals surface area contributed by atoms with Crippen LogP contribution in [0, 0.1) is 0 Å². The molecule has 23 heavy (non-hydrogen) atoms. The van der Waals surface area contributed by atoms with E-state index in [4.69, 9.17) is 25.5 Å². The second-order valence-corrected chi connectivity index (χ2v) is 7.75. The number of hydrogen-bond donors (Lipinski definition) is 8. The summed E-state index contributed by atoms with van der Waals surface area (Å²) in [7, 11) is -10.7. The molecule has 0 aromatic rings. The summed E-state index contributed by atoms with van der Waals surface area (Å²) in [4.78, 5) is 48.2. The average molecular weight is 381 g/mol. The van der Waals surface area contributed by atoms with E-state index >= 15 is 0 Å². The first kappa shape index (κ1) is 22.4. The minimum atomic E-state index is -5.46. The lowest BCUT2D eigenvalue weighted by Gasteiger charge is -2.33. The van der Waals surface area contributed by atoms with Crippen molar-refractivity contribution in [3.63, 3.8) is 0 Å². The van der Waals surface area contributed by atoms with E-state index in [1.54, 1.807) is 0 Å². The molecule has 0 amide bonds. The van der Waals surface area contributed by atoms with Crippen LogP contribution in [0.5, 0.6) is 0 Å². The van der Waals surface area contributed by atoms with Crippen LogP contribution in [0.25, 0.3) is 0 Å². The lowest BCUT2D eigenvalue weighted by Crippen LogP contribution is -2.61. The van der Waals surface area contributed by atoms with E-state index < -0.39 is 57.8 Å². The summed E-state index contributed by atoms with van der Waals surface area (Å²) in [6, 6.07) is -1.76. The first-order valence-electron chi connectivity index (χ1n) is 5.72. The molecule has 15 heteroatoms. The van der Waals surface area contributed by atoms with Crippen LogP contribution in [0.15, 0.2) is 0 Å². The van der Waals surface area contributed by atoms with Crippen molar-refractivity contribution in [1.82, 2.24) is 0 Å². The number of aliphatic hydroxyl groups is 4. The Balaban J connectivity index is 5.35. The van der Waals surface area contributed by atoms with E-state index in [9.17, 15) is 34.0 Å². The first-order chi connectivity index (χ1) is 10.2. The zero-order chi connectivity index (χ0) is 18.6. The molecule has 0 heterocycles. The van der Waals surface area contributed by atoms with E-state index in [0.717, 1.165) is 0 Å². The third kappa shape index (κ3) is 6.45. The molecule has 13 nitrogen and oxygen atoms in total. The fraction of sp³-hybridized carbons (Fsp3) is 0.750. The maximum Gasteiger partial charge on any atom is 0.476 e. The standard InChI is InChI=1S/C8H17NO12P2/c9-4(1-10)6(13)7(14)8(15,3-11)5(12)2-22(16,17)21-23(18,19)20/h1,4,6-7,11,13-15H,2-3,9H2,(H,16,17)(H2,18,19,20)/t4-,6+,7-,8-/m0/s1. The highest BCUT2D eigenvalue weighted by molar-refractivity contribution is 7.64. The lowest BCUT2D eigenvalue weighted by molar-refractivity contribution is -0.170. The molecule has 0 aromatic carbocycles. The van der Waals surface area contributed by atoms with Crippen molar-refractivity contribution in [2.75, 3.05) is 12.8 Å². The van der Waals surface area contributed by atoms with Gasteiger partial charge in [0.25, 0.3) is 0 Å². The molecule has 0 fully saturated rings. The Hall–Kier alpha value is -0.560. The summed E-state index contributed by atoms with van der Waals surface area (Å²) in [5.74, 6) is -1.79. The highest BCUT2D eigenvalue weighted by Gasteiger charge is 2.50. The number of phosphoric acid groups is 1. The van der Waals surface area contributed by atoms with E-state index in [-0.39, 0.29) is 6.29 Å². The highest BCUT2D eigenvalue weighted by atomic mass is 31.3. The van der Waals surface area contributed by atoms with Crippen LogP contribution >= 0.6 is 15.4 Å². The Morgan fingerprint density at radius 1 is 1.26 bits per heavy atom. The molecule has 136 valence electrons. The third-order valence-electron chi connectivity index (χ3n) is 2.67. The van der Waals surface area contributed by atoms with Crippen LogP contribution in [0.4, 0.5) is 0 Å². The molecule has 0 aromatic heterocycles. The minimum absolute atomic E-state index is 0.0377. The molecule has 0 bridgehead atoms. The molecule has 0 saturated heterocycles. The van der Waals surface area contributed by atoms with Crippen molar-refractivity contribution >= 4 is 27.5 Å². The van der Waals surface area contributed by atoms with Gasteiger partial charge in [0.05, 0.1) is 12.6 Å². The predicted octanol–water partition coefficient (Wildman–Crippen LogP) is -4.18. The Labute approximate surface area is 129 Å². The summed E-state index contributed by atoms with van der Waals surface area (Å²) in [5.41, 5.74) is 1.83. The van der Waals surface area contributed by atoms with Crippen LogP contribution in [0.1, 0.15) is 0 Å². The van der Waals surface area contributed by atoms with Gasteiger partial charge >= 0.3 is 15.4 Å². The summed E-state index contributed by atoms with van der Waals surface area (Å²) in [6.45, 7) is -1.56. The zero-order valence-electron chi connectivity index (χ0n) is 11.4. The smallest absolute Gasteiger partial charge is 0.393 e. The summed E-state index contributed by atoms with van der Waals surface area (Å²) >= 11 is 0. The topological polar surface area (TPSA) is 245 Å². The average Bonchev–Trinajstić information content (AvgIpc) is 2.40. The lowest BCUT2D eigenvalue weighted by atomic mass is 9.87. The monoisotopic (exact) mass is 381 g/mol. The van der Waals surface area contributed by atoms with Crippen molar-refractivity contribution < 1.29 is 58.1 Å². The van der Waals surface area contributed by atoms with Gasteiger partial charge in [0.2, 0.25) is 0 Å². The molecular formula is C8H17NO12P2. The maximum absolute atomic E-state index is 11.8. The number of aldehydes is 1. The van der Waals surface area contributed by atoms with E-state index in [2.05, 4.69) is 4.31 Å². The SMILES string of the molecule is N[C@@H](C=O)[C@@H](O)[C@H](O)[C@](O)(CO)C(=O)CP(=O)(O)OP(=O)(O)O. The Morgan fingerprint density at radius 2 is 1.74 bits per heavy atom. The number of hydrogen-bond acceptors (Lipinski definition) is 10. The van der Waals surface area contributed by atoms with Crippen molar-refractivity contribution in [3.05, 3.63) is 0 Å². The minimum Gasteiger partial charge on any atom is -0.393 e. The maximum atomic E-state index is 11.8. The van der Waals surface area contributed by atoms with E-state index in [1.165, 1.54) is 0 Å². The molecule has 0 saturated carbocycles. The van der Waals surface area contributed by atoms with Gasteiger partial charge in [-0.2, -0.15) is 0 Å². The van der Waals surface area contributed by atoms with Crippen LogP contribution in [-0.4, -0.2) is 83.8 Å². The number of ketones is 1. The molecule has 0 rings (SSSR count). The van der Waals surface area contributed by atoms with Crippen molar-refractivity contribution in [2.45, 2.75) is 23.9 Å². The quantitative estimate of drug-likeness (QED) is 0.132. The molecule has 9 N–H and O–H groups in total. The van der Waals surface area contributed by atoms with Gasteiger partial charge in [-0.05, 0) is 0 Å². The predicted molar refractivity (Wildman–Crippen MR) is 70.9 cm³/mol. The molecule has 0 radical (unpaired) electrons. The Kier molecular flexibility index (Phi) is 7.82. The normalized spacial score (nSPS) is 21.6. The fourth-order valence-corrected chi connectivity index (χ4v) is 3.63. The van der Waals surface area contributed by atoms with Crippen molar-refractivity contribution in [2.24, 2.45) is 5.73 Å². The second-order valence-electron chi connectivity index (χ2n) is 4.52. The largest absolute Gasteiger partial charge is 0.476 e. The molecule has 0 spiro atoms. The number of rotatable bonds is 10. The molecule has 0 aliphatic rings. The number of carbonyl (C=O) groups excluding carboxylic acids is 2. The van der Waals surface area contributed by atoms with Crippen LogP contribution < -0.4 is 5.73 Å². The number of carbonyl (C=O) groups is 2. The number of aliphatic hydroxyl groups excluding tert-OH is 3. The van der Waals surface area contributed by atoms with Gasteiger partial charge in [-0.1, -0.05) is 0 Å². The summed E-state index contributed by atoms with van der Waals surface area (Å²) in [6.07, 6.45) is -6.52. The summed E-state index contributed by atoms with van der Waals surface area (Å²) < 4.78 is 25.4. The van der Waals surface area contributed by atoms with Gasteiger partial charge in [0.15, 0.2) is 11.4 Å². The van der Waals surface area contributed by atoms with Crippen molar-refractivity contribution in [1.29, 1.82) is 0 Å². The van der Waals surface area contributed by atoms with Gasteiger partial charge in [-0.15, -0.1) is 0 Å². The number of Topliss-reactive ketones (excluding diaryl/α,β-unsaturated/α-hetero) is 1. The van der Waals surface area contributed by atoms with Gasteiger partial charge in [-0.25, -0.2) is 8.88 Å². The second kappa shape index (κ2) is 8.01. The Bertz CT molecular complexity index is 533. The first-order valence-corrected chi connectivity index (χ1v) is 9.01. The van der Waals surface area contributed by atoms with E-state index in [0.29, 0.717) is 0 Å². The Morgan fingerprint density at radius 3 is 2.09 bits per heavy atom. The van der Waals surface area contributed by atoms with Gasteiger partial charge in [0.1, 0.15) is 24.7 Å². The summed E-state index contributed by atoms with van der Waals surface area (Å²) in [5, 5.41) is 38.0. The number of nitrogens with two attached hydrogens (primary N) is 1. The van der Waals surface area contributed by atoms with Gasteiger partial charge in [-0.3, -0.25) is 9.36 Å². The zero-order valence-corrected chi connectivity index (χ0v) is 13.2. The molecular weight excluding hydrogens is 364 g/mol. The van der Waals surface area contributed by atoms with Crippen LogP contribution in [0.2, 0.25) is 0 Å². The highest BCUT2D eigenvalue weighted by Crippen LogP contribution is 2.57. The molecule has 1 unspecified atom stereocenters. The van der Waals surface area contributed by atoms with Crippen molar-refractivity contribution in [3.8, 4) is 0 Å². The van der Waals surface area contributed by atoms with Crippen LogP contribution in [-0.2, 0) is 23.0 Å². The third-order valence-corrected chi connectivity index (χ3v) is 5.22. The van der Waals surface area contributed by atoms with Gasteiger partial charge < -0.3 is 45.6 Å². The fourth-order valence-electron chi connectivity index (χ4n) is 1.43. The molecule has 5 atom stereocenters. The van der Waals surface area contributed by atoms with E-state index in [1.807, 2.05) is 0 Å². The van der Waals surface area contributed by atoms with Crippen LogP contribution in [0.3, 0.4) is 0 Å². The molecule has 0 aliphatic heterocycles. The molecule has 0 aliphatic carbocycles. The van der Waals surface area contributed by atoms with Gasteiger partial charge in [0, 0.05) is 0 Å².